The number of rotatable bonds is 13. The molecule has 14 nitrogen and oxygen atoms in total. The number of benzene rings is 1. The standard InChI is InChI=1S/C29H45N5O9S/c1-16-17(2)25(18(3)19-14-29(7,8)43-24(16)19)44(40,41)34-27(30)31-13-9-10-20(26(38)39)33-22(36)12-11-21(35)32-15-23(37)42-28(4,5)6/h20H,9-15H2,1-8H3,(H,32,35)(H,33,36)(H,38,39)(H3,30,31,34)/t20-/m0/s1. The van der Waals surface area contributed by atoms with Gasteiger partial charge in [0.2, 0.25) is 17.8 Å². The highest BCUT2D eigenvalue weighted by atomic mass is 32.2. The predicted molar refractivity (Wildman–Crippen MR) is 163 cm³/mol. The van der Waals surface area contributed by atoms with Crippen molar-refractivity contribution in [3.05, 3.63) is 22.3 Å². The number of amides is 2. The Balaban J connectivity index is 1.89. The number of guanidine groups is 1. The number of aliphatic imine (C=N–C) groups is 1. The summed E-state index contributed by atoms with van der Waals surface area (Å²) < 4.78 is 40.0. The molecule has 0 spiro atoms. The van der Waals surface area contributed by atoms with Crippen LogP contribution < -0.4 is 25.8 Å². The summed E-state index contributed by atoms with van der Waals surface area (Å²) in [4.78, 5) is 51.6. The first-order valence-electron chi connectivity index (χ1n) is 14.3. The van der Waals surface area contributed by atoms with Crippen molar-refractivity contribution in [1.82, 2.24) is 15.4 Å². The van der Waals surface area contributed by atoms with Crippen LogP contribution in [0.4, 0.5) is 0 Å². The summed E-state index contributed by atoms with van der Waals surface area (Å²) in [6.45, 7) is 13.8. The first-order valence-corrected chi connectivity index (χ1v) is 15.8. The number of fused-ring (bicyclic) bond motifs is 1. The Morgan fingerprint density at radius 2 is 1.68 bits per heavy atom. The van der Waals surface area contributed by atoms with Gasteiger partial charge in [-0.15, -0.1) is 0 Å². The molecule has 44 heavy (non-hydrogen) atoms. The maximum absolute atomic E-state index is 13.3. The van der Waals surface area contributed by atoms with Crippen LogP contribution in [0.1, 0.15) is 82.6 Å². The van der Waals surface area contributed by atoms with E-state index in [0.29, 0.717) is 23.3 Å². The van der Waals surface area contributed by atoms with Crippen molar-refractivity contribution in [2.24, 2.45) is 10.7 Å². The zero-order valence-corrected chi connectivity index (χ0v) is 27.5. The van der Waals surface area contributed by atoms with Crippen LogP contribution in [0.3, 0.4) is 0 Å². The van der Waals surface area contributed by atoms with E-state index in [1.807, 2.05) is 20.8 Å². The Bertz CT molecular complexity index is 1430. The van der Waals surface area contributed by atoms with E-state index in [1.54, 1.807) is 34.6 Å². The number of ether oxygens (including phenoxy) is 2. The molecule has 0 saturated carbocycles. The molecule has 2 amide bonds. The van der Waals surface area contributed by atoms with Gasteiger partial charge in [0.05, 0.1) is 4.90 Å². The number of carboxylic acid groups (broad SMARTS) is 1. The lowest BCUT2D eigenvalue weighted by molar-refractivity contribution is -0.154. The zero-order chi connectivity index (χ0) is 33.6. The lowest BCUT2D eigenvalue weighted by atomic mass is 9.94. The summed E-state index contributed by atoms with van der Waals surface area (Å²) in [5.41, 5.74) is 7.40. The molecular weight excluding hydrogens is 594 g/mol. The van der Waals surface area contributed by atoms with Gasteiger partial charge < -0.3 is 30.9 Å². The van der Waals surface area contributed by atoms with E-state index < -0.39 is 51.0 Å². The number of aliphatic carboxylic acids is 1. The smallest absolute Gasteiger partial charge is 0.326 e. The van der Waals surface area contributed by atoms with Gasteiger partial charge in [-0.2, -0.15) is 0 Å². The molecule has 1 aliphatic heterocycles. The average Bonchev–Trinajstić information content (AvgIpc) is 3.21. The first-order chi connectivity index (χ1) is 20.1. The SMILES string of the molecule is Cc1c(C)c(S(=O)(=O)NC(N)=NCCC[C@H](NC(=O)CCC(=O)NCC(=O)OC(C)(C)C)C(=O)O)c(C)c2c1OC(C)(C)C2. The van der Waals surface area contributed by atoms with E-state index in [1.165, 1.54) is 0 Å². The first kappa shape index (κ1) is 36.3. The maximum Gasteiger partial charge on any atom is 0.326 e. The van der Waals surface area contributed by atoms with Gasteiger partial charge in [0.15, 0.2) is 0 Å². The van der Waals surface area contributed by atoms with Gasteiger partial charge in [0, 0.05) is 31.4 Å². The summed E-state index contributed by atoms with van der Waals surface area (Å²) in [5, 5.41) is 14.2. The third kappa shape index (κ3) is 10.4. The molecule has 246 valence electrons. The van der Waals surface area contributed by atoms with Crippen molar-refractivity contribution >= 4 is 39.7 Å². The van der Waals surface area contributed by atoms with Crippen LogP contribution in [0, 0.1) is 20.8 Å². The average molecular weight is 640 g/mol. The molecule has 1 heterocycles. The lowest BCUT2D eigenvalue weighted by Gasteiger charge is -2.19. The highest BCUT2D eigenvalue weighted by Gasteiger charge is 2.36. The van der Waals surface area contributed by atoms with Crippen LogP contribution in [0.15, 0.2) is 9.89 Å². The molecule has 0 unspecified atom stereocenters. The number of sulfonamides is 1. The molecule has 1 aliphatic rings. The molecule has 6 N–H and O–H groups in total. The lowest BCUT2D eigenvalue weighted by Crippen LogP contribution is -2.41. The minimum absolute atomic E-state index is 0.00964. The molecule has 15 heteroatoms. The fourth-order valence-electron chi connectivity index (χ4n) is 4.75. The van der Waals surface area contributed by atoms with Crippen molar-refractivity contribution in [2.45, 2.75) is 110 Å². The summed E-state index contributed by atoms with van der Waals surface area (Å²) in [7, 11) is -4.09. The fraction of sp³-hybridized carbons (Fsp3) is 0.621. The normalized spacial score (nSPS) is 15.0. The summed E-state index contributed by atoms with van der Waals surface area (Å²) in [5.74, 6) is -2.79. The number of hydrogen-bond donors (Lipinski definition) is 5. The molecule has 0 aromatic heterocycles. The van der Waals surface area contributed by atoms with Crippen molar-refractivity contribution < 1.29 is 42.2 Å². The summed E-state index contributed by atoms with van der Waals surface area (Å²) >= 11 is 0. The number of nitrogens with one attached hydrogen (secondary N) is 3. The van der Waals surface area contributed by atoms with Crippen molar-refractivity contribution in [1.29, 1.82) is 0 Å². The minimum atomic E-state index is -4.09. The maximum atomic E-state index is 13.3. The molecule has 1 aromatic rings. The summed E-state index contributed by atoms with van der Waals surface area (Å²) in [6, 6.07) is -1.26. The van der Waals surface area contributed by atoms with Gasteiger partial charge in [-0.1, -0.05) is 0 Å². The van der Waals surface area contributed by atoms with E-state index in [4.69, 9.17) is 15.2 Å². The Hall–Kier alpha value is -3.88. The van der Waals surface area contributed by atoms with Gasteiger partial charge in [0.25, 0.3) is 10.0 Å². The quantitative estimate of drug-likeness (QED) is 0.0907. The fourth-order valence-corrected chi connectivity index (χ4v) is 6.28. The second-order valence-corrected chi connectivity index (χ2v) is 14.0. The Labute approximate surface area is 258 Å². The highest BCUT2D eigenvalue weighted by Crippen LogP contribution is 2.43. The largest absolute Gasteiger partial charge is 0.487 e. The van der Waals surface area contributed by atoms with Crippen LogP contribution >= 0.6 is 0 Å². The number of carbonyl (C=O) groups is 4. The van der Waals surface area contributed by atoms with Gasteiger partial charge in [-0.3, -0.25) is 19.4 Å². The molecular formula is C29H45N5O9S. The number of carbonyl (C=O) groups excluding carboxylic acids is 3. The Morgan fingerprint density at radius 3 is 2.27 bits per heavy atom. The van der Waals surface area contributed by atoms with Gasteiger partial charge >= 0.3 is 11.9 Å². The number of esters is 1. The number of hydrogen-bond acceptors (Lipinski definition) is 9. The third-order valence-corrected chi connectivity index (χ3v) is 8.42. The van der Waals surface area contributed by atoms with E-state index >= 15 is 0 Å². The second kappa shape index (κ2) is 14.3. The van der Waals surface area contributed by atoms with E-state index in [0.717, 1.165) is 11.1 Å². The van der Waals surface area contributed by atoms with Crippen molar-refractivity contribution in [3.63, 3.8) is 0 Å². The summed E-state index contributed by atoms with van der Waals surface area (Å²) in [6.07, 6.45) is 0.159. The second-order valence-electron chi connectivity index (χ2n) is 12.4. The Morgan fingerprint density at radius 1 is 1.07 bits per heavy atom. The number of nitrogens with two attached hydrogens (primary N) is 1. The molecule has 0 bridgehead atoms. The number of nitrogens with zero attached hydrogens (tertiary/aromatic N) is 1. The topological polar surface area (TPSA) is 216 Å². The van der Waals surface area contributed by atoms with Crippen LogP contribution in [0.25, 0.3) is 0 Å². The minimum Gasteiger partial charge on any atom is -0.487 e. The van der Waals surface area contributed by atoms with Gasteiger partial charge in [-0.25, -0.2) is 17.9 Å². The van der Waals surface area contributed by atoms with Gasteiger partial charge in [-0.05, 0) is 84.9 Å². The van der Waals surface area contributed by atoms with Crippen LogP contribution in [-0.2, 0) is 40.4 Å². The highest BCUT2D eigenvalue weighted by molar-refractivity contribution is 7.90. The Kier molecular flexibility index (Phi) is 11.8. The molecule has 1 atom stereocenters. The van der Waals surface area contributed by atoms with Crippen LogP contribution in [-0.4, -0.2) is 73.6 Å². The van der Waals surface area contributed by atoms with E-state index in [2.05, 4.69) is 20.3 Å². The molecule has 1 aromatic carbocycles. The molecule has 0 saturated heterocycles. The van der Waals surface area contributed by atoms with Crippen molar-refractivity contribution in [2.75, 3.05) is 13.1 Å². The zero-order valence-electron chi connectivity index (χ0n) is 26.7. The van der Waals surface area contributed by atoms with Crippen LogP contribution in [0.2, 0.25) is 0 Å². The van der Waals surface area contributed by atoms with Crippen LogP contribution in [0.5, 0.6) is 5.75 Å². The van der Waals surface area contributed by atoms with Crippen molar-refractivity contribution in [3.8, 4) is 5.75 Å². The monoisotopic (exact) mass is 639 g/mol. The third-order valence-electron chi connectivity index (χ3n) is 6.79. The predicted octanol–water partition coefficient (Wildman–Crippen LogP) is 1.51. The molecule has 0 aliphatic carbocycles. The molecule has 2 rings (SSSR count). The van der Waals surface area contributed by atoms with E-state index in [-0.39, 0.29) is 49.6 Å². The number of carboxylic acids is 1. The van der Waals surface area contributed by atoms with E-state index in [9.17, 15) is 32.7 Å². The molecule has 0 radical (unpaired) electrons. The molecule has 0 fully saturated rings. The van der Waals surface area contributed by atoms with Gasteiger partial charge in [0.1, 0.15) is 29.5 Å².